The Morgan fingerprint density at radius 1 is 0.811 bits per heavy atom. The monoisotopic (exact) mass is 503 g/mol. The Balaban J connectivity index is 1.30. The minimum atomic E-state index is -0.216. The fourth-order valence-electron chi connectivity index (χ4n) is 4.08. The van der Waals surface area contributed by atoms with Crippen LogP contribution in [0, 0.1) is 6.92 Å². The zero-order valence-corrected chi connectivity index (χ0v) is 21.4. The van der Waals surface area contributed by atoms with Crippen molar-refractivity contribution in [2.45, 2.75) is 23.1 Å². The Kier molecular flexibility index (Phi) is 7.98. The molecule has 0 fully saturated rings. The van der Waals surface area contributed by atoms with Gasteiger partial charge in [-0.2, -0.15) is 5.10 Å². The third kappa shape index (κ3) is 6.29. The van der Waals surface area contributed by atoms with Crippen LogP contribution in [-0.4, -0.2) is 11.7 Å². The van der Waals surface area contributed by atoms with Crippen molar-refractivity contribution in [2.24, 2.45) is 10.1 Å². The Morgan fingerprint density at radius 2 is 1.46 bits per heavy atom. The van der Waals surface area contributed by atoms with Gasteiger partial charge in [0.1, 0.15) is 6.04 Å². The average molecular weight is 504 g/mol. The van der Waals surface area contributed by atoms with Crippen molar-refractivity contribution in [3.8, 4) is 0 Å². The maximum atomic E-state index is 4.93. The molecule has 4 aromatic carbocycles. The summed E-state index contributed by atoms with van der Waals surface area (Å²) in [5, 5.41) is 4.82. The van der Waals surface area contributed by atoms with Crippen molar-refractivity contribution in [3.63, 3.8) is 0 Å². The quantitative estimate of drug-likeness (QED) is 0.189. The number of benzene rings is 4. The lowest BCUT2D eigenvalue weighted by Crippen LogP contribution is -2.44. The summed E-state index contributed by atoms with van der Waals surface area (Å²) in [6.45, 7) is 2.15. The van der Waals surface area contributed by atoms with Crippen LogP contribution in [0.5, 0.6) is 0 Å². The topological polar surface area (TPSA) is 60.8 Å². The van der Waals surface area contributed by atoms with E-state index in [9.17, 15) is 0 Å². The first-order valence-corrected chi connectivity index (χ1v) is 13.1. The zero-order chi connectivity index (χ0) is 25.3. The molecule has 0 unspecified atom stereocenters. The SMILES string of the molecule is Cc1ccccc1S[C@@H](/C=C/NNC1=N[C@H](c2ccccc2)C(c2ccccc2)=NN1)c1ccccc1. The van der Waals surface area contributed by atoms with Gasteiger partial charge in [-0.3, -0.25) is 5.43 Å². The average Bonchev–Trinajstić information content (AvgIpc) is 2.97. The first kappa shape index (κ1) is 24.4. The number of aliphatic imine (C=N–C) groups is 1. The van der Waals surface area contributed by atoms with Gasteiger partial charge in [-0.05, 0) is 35.8 Å². The summed E-state index contributed by atoms with van der Waals surface area (Å²) in [4.78, 5) is 6.19. The maximum absolute atomic E-state index is 4.93. The molecule has 1 aliphatic rings. The molecule has 37 heavy (non-hydrogen) atoms. The molecular weight excluding hydrogens is 474 g/mol. The smallest absolute Gasteiger partial charge is 0.232 e. The summed E-state index contributed by atoms with van der Waals surface area (Å²) in [6.07, 6.45) is 4.07. The number of nitrogens with one attached hydrogen (secondary N) is 3. The van der Waals surface area contributed by atoms with Gasteiger partial charge < -0.3 is 5.43 Å². The second-order valence-corrected chi connectivity index (χ2v) is 9.79. The molecule has 0 saturated carbocycles. The van der Waals surface area contributed by atoms with Gasteiger partial charge in [0.05, 0.1) is 11.0 Å². The van der Waals surface area contributed by atoms with Crippen molar-refractivity contribution in [1.29, 1.82) is 0 Å². The largest absolute Gasteiger partial charge is 0.306 e. The van der Waals surface area contributed by atoms with Gasteiger partial charge in [-0.25, -0.2) is 10.4 Å². The zero-order valence-electron chi connectivity index (χ0n) is 20.6. The van der Waals surface area contributed by atoms with Gasteiger partial charge in [0.2, 0.25) is 5.96 Å². The highest BCUT2D eigenvalue weighted by Gasteiger charge is 2.23. The van der Waals surface area contributed by atoms with Crippen molar-refractivity contribution in [3.05, 3.63) is 150 Å². The molecule has 5 rings (SSSR count). The van der Waals surface area contributed by atoms with E-state index in [1.165, 1.54) is 16.0 Å². The predicted octanol–water partition coefficient (Wildman–Crippen LogP) is 6.54. The minimum Gasteiger partial charge on any atom is -0.306 e. The maximum Gasteiger partial charge on any atom is 0.232 e. The summed E-state index contributed by atoms with van der Waals surface area (Å²) < 4.78 is 0. The van der Waals surface area contributed by atoms with Crippen LogP contribution in [0.3, 0.4) is 0 Å². The first-order valence-electron chi connectivity index (χ1n) is 12.2. The number of hydrogen-bond donors (Lipinski definition) is 3. The van der Waals surface area contributed by atoms with Gasteiger partial charge in [0, 0.05) is 16.7 Å². The first-order chi connectivity index (χ1) is 18.3. The van der Waals surface area contributed by atoms with Crippen LogP contribution < -0.4 is 16.3 Å². The fraction of sp³-hybridized carbons (Fsp3) is 0.0968. The van der Waals surface area contributed by atoms with E-state index in [0.29, 0.717) is 5.96 Å². The number of aryl methyl sites for hydroxylation is 1. The Hall–Kier alpha value is -4.29. The molecule has 6 heteroatoms. The van der Waals surface area contributed by atoms with Gasteiger partial charge in [0.25, 0.3) is 0 Å². The molecule has 1 heterocycles. The number of rotatable bonds is 8. The van der Waals surface area contributed by atoms with Crippen LogP contribution >= 0.6 is 11.8 Å². The molecule has 184 valence electrons. The molecule has 0 radical (unpaired) electrons. The van der Waals surface area contributed by atoms with Crippen LogP contribution in [0.1, 0.15) is 33.5 Å². The van der Waals surface area contributed by atoms with Crippen LogP contribution in [0.15, 0.2) is 143 Å². The fourth-order valence-corrected chi connectivity index (χ4v) is 5.22. The van der Waals surface area contributed by atoms with Gasteiger partial charge in [0.15, 0.2) is 0 Å². The predicted molar refractivity (Wildman–Crippen MR) is 154 cm³/mol. The highest BCUT2D eigenvalue weighted by atomic mass is 32.2. The summed E-state index contributed by atoms with van der Waals surface area (Å²) in [6, 6.07) is 39.1. The third-order valence-electron chi connectivity index (χ3n) is 6.00. The number of hydrazone groups is 1. The lowest BCUT2D eigenvalue weighted by molar-refractivity contribution is 0.735. The van der Waals surface area contributed by atoms with Crippen molar-refractivity contribution < 1.29 is 0 Å². The Labute approximate surface area is 222 Å². The number of hydrogen-bond acceptors (Lipinski definition) is 6. The highest BCUT2D eigenvalue weighted by Crippen LogP contribution is 2.37. The molecule has 0 saturated heterocycles. The van der Waals surface area contributed by atoms with Crippen LogP contribution in [-0.2, 0) is 0 Å². The standard InChI is InChI=1S/C31H29N5S/c1-23-13-11-12-20-27(23)37-28(24-14-5-2-6-15-24)21-22-32-35-31-33-29(25-16-7-3-8-17-25)30(34-36-31)26-18-9-4-10-19-26/h2-22,28-29,32H,1H3,(H2,33,35,36)/b22-21+/t28-,29+/m0/s1. The number of nitrogens with zero attached hydrogens (tertiary/aromatic N) is 2. The molecule has 0 amide bonds. The molecule has 1 aliphatic heterocycles. The van der Waals surface area contributed by atoms with Crippen molar-refractivity contribution >= 4 is 23.4 Å². The number of thioether (sulfide) groups is 1. The summed E-state index contributed by atoms with van der Waals surface area (Å²) in [7, 11) is 0. The van der Waals surface area contributed by atoms with Crippen LogP contribution in [0.4, 0.5) is 0 Å². The van der Waals surface area contributed by atoms with Crippen LogP contribution in [0.25, 0.3) is 0 Å². The molecule has 3 N–H and O–H groups in total. The Morgan fingerprint density at radius 3 is 2.19 bits per heavy atom. The summed E-state index contributed by atoms with van der Waals surface area (Å²) >= 11 is 1.83. The van der Waals surface area contributed by atoms with Gasteiger partial charge in [-0.1, -0.05) is 109 Å². The second-order valence-electron chi connectivity index (χ2n) is 8.61. The molecule has 0 spiro atoms. The Bertz CT molecular complexity index is 1390. The molecule has 0 bridgehead atoms. The van der Waals surface area contributed by atoms with E-state index in [1.54, 1.807) is 0 Å². The molecule has 0 aromatic heterocycles. The molecule has 5 nitrogen and oxygen atoms in total. The van der Waals surface area contributed by atoms with Crippen molar-refractivity contribution in [1.82, 2.24) is 16.3 Å². The highest BCUT2D eigenvalue weighted by molar-refractivity contribution is 7.99. The summed E-state index contributed by atoms with van der Waals surface area (Å²) in [5.74, 6) is 0.556. The van der Waals surface area contributed by atoms with Gasteiger partial charge >= 0.3 is 0 Å². The van der Waals surface area contributed by atoms with E-state index < -0.39 is 0 Å². The molecule has 2 atom stereocenters. The van der Waals surface area contributed by atoms with E-state index in [4.69, 9.17) is 4.99 Å². The number of hydrazine groups is 1. The van der Waals surface area contributed by atoms with Crippen LogP contribution in [0.2, 0.25) is 0 Å². The van der Waals surface area contributed by atoms with E-state index in [-0.39, 0.29) is 11.3 Å². The molecule has 0 aliphatic carbocycles. The van der Waals surface area contributed by atoms with E-state index in [2.05, 4.69) is 107 Å². The van der Waals surface area contributed by atoms with E-state index in [0.717, 1.165) is 16.8 Å². The van der Waals surface area contributed by atoms with E-state index in [1.807, 2.05) is 60.4 Å². The minimum absolute atomic E-state index is 0.151. The molecule has 4 aromatic rings. The molecular formula is C31H29N5S. The van der Waals surface area contributed by atoms with E-state index >= 15 is 0 Å². The lowest BCUT2D eigenvalue weighted by Gasteiger charge is -2.23. The second kappa shape index (κ2) is 12.1. The summed E-state index contributed by atoms with van der Waals surface area (Å²) in [5.41, 5.74) is 14.9. The lowest BCUT2D eigenvalue weighted by atomic mass is 9.97. The normalized spacial score (nSPS) is 15.9. The van der Waals surface area contributed by atoms with Gasteiger partial charge in [-0.15, -0.1) is 11.8 Å². The third-order valence-corrected chi connectivity index (χ3v) is 7.40. The number of guanidine groups is 1. The van der Waals surface area contributed by atoms with Crippen molar-refractivity contribution in [2.75, 3.05) is 0 Å².